The van der Waals surface area contributed by atoms with Crippen molar-refractivity contribution in [3.63, 3.8) is 0 Å². The van der Waals surface area contributed by atoms with Crippen LogP contribution in [0.2, 0.25) is 0 Å². The van der Waals surface area contributed by atoms with Gasteiger partial charge in [0, 0.05) is 18.3 Å². The van der Waals surface area contributed by atoms with Crippen LogP contribution in [0.5, 0.6) is 5.88 Å². The van der Waals surface area contributed by atoms with Crippen molar-refractivity contribution in [2.75, 3.05) is 7.05 Å². The Bertz CT molecular complexity index is 459. The van der Waals surface area contributed by atoms with Gasteiger partial charge < -0.3 is 10.1 Å². The fraction of sp³-hybridized carbons (Fsp3) is 0.722. The van der Waals surface area contributed by atoms with Crippen molar-refractivity contribution in [2.24, 2.45) is 11.8 Å². The molecule has 0 radical (unpaired) electrons. The van der Waals surface area contributed by atoms with Crippen LogP contribution < -0.4 is 10.1 Å². The first-order chi connectivity index (χ1) is 9.99. The normalized spacial score (nSPS) is 26.1. The summed E-state index contributed by atoms with van der Waals surface area (Å²) in [6, 6.07) is 4.27. The second-order valence-electron chi connectivity index (χ2n) is 6.93. The van der Waals surface area contributed by atoms with E-state index in [4.69, 9.17) is 9.72 Å². The van der Waals surface area contributed by atoms with Crippen LogP contribution in [0.1, 0.15) is 64.1 Å². The molecular weight excluding hydrogens is 260 g/mol. The van der Waals surface area contributed by atoms with Crippen LogP contribution in [0.3, 0.4) is 0 Å². The number of nitrogens with zero attached hydrogens (tertiary/aromatic N) is 1. The van der Waals surface area contributed by atoms with Crippen molar-refractivity contribution >= 4 is 0 Å². The third kappa shape index (κ3) is 4.44. The average molecular weight is 290 g/mol. The first-order valence-corrected chi connectivity index (χ1v) is 8.31. The molecule has 0 bridgehead atoms. The van der Waals surface area contributed by atoms with Crippen molar-refractivity contribution < 1.29 is 4.74 Å². The highest BCUT2D eigenvalue weighted by Gasteiger charge is 2.26. The molecule has 1 fully saturated rings. The molecule has 1 N–H and O–H groups in total. The molecule has 1 aromatic heterocycles. The van der Waals surface area contributed by atoms with Gasteiger partial charge in [-0.3, -0.25) is 0 Å². The van der Waals surface area contributed by atoms with E-state index in [1.54, 1.807) is 0 Å². The molecule has 2 rings (SSSR count). The standard InChI is InChI=1S/C18H30N2O/c1-12(2)17-9-15(11-19-5)10-18(20-17)21-16-7-6-13(3)14(4)8-16/h9-10,12-14,16,19H,6-8,11H2,1-5H3. The zero-order valence-electron chi connectivity index (χ0n) is 14.1. The van der Waals surface area contributed by atoms with Gasteiger partial charge in [0.15, 0.2) is 0 Å². The van der Waals surface area contributed by atoms with E-state index in [-0.39, 0.29) is 0 Å². The number of aromatic nitrogens is 1. The van der Waals surface area contributed by atoms with Gasteiger partial charge in [0.1, 0.15) is 6.10 Å². The molecule has 0 saturated heterocycles. The molecule has 3 unspecified atom stereocenters. The molecule has 0 aliphatic heterocycles. The van der Waals surface area contributed by atoms with Crippen LogP contribution >= 0.6 is 0 Å². The summed E-state index contributed by atoms with van der Waals surface area (Å²) in [4.78, 5) is 4.70. The van der Waals surface area contributed by atoms with E-state index in [2.05, 4.69) is 45.1 Å². The van der Waals surface area contributed by atoms with Gasteiger partial charge in [-0.25, -0.2) is 4.98 Å². The maximum absolute atomic E-state index is 6.21. The fourth-order valence-electron chi connectivity index (χ4n) is 3.02. The van der Waals surface area contributed by atoms with E-state index < -0.39 is 0 Å². The quantitative estimate of drug-likeness (QED) is 0.885. The molecule has 1 aliphatic rings. The summed E-state index contributed by atoms with van der Waals surface area (Å²) in [6.07, 6.45) is 3.89. The van der Waals surface area contributed by atoms with Crippen LogP contribution in [0.15, 0.2) is 12.1 Å². The van der Waals surface area contributed by atoms with E-state index in [1.807, 2.05) is 7.05 Å². The summed E-state index contributed by atoms with van der Waals surface area (Å²) in [5, 5.41) is 3.21. The van der Waals surface area contributed by atoms with Gasteiger partial charge in [-0.1, -0.05) is 27.7 Å². The van der Waals surface area contributed by atoms with Gasteiger partial charge in [0.2, 0.25) is 5.88 Å². The van der Waals surface area contributed by atoms with Crippen LogP contribution in [0, 0.1) is 11.8 Å². The maximum Gasteiger partial charge on any atom is 0.214 e. The van der Waals surface area contributed by atoms with E-state index in [1.165, 1.54) is 12.0 Å². The molecule has 1 heterocycles. The highest BCUT2D eigenvalue weighted by molar-refractivity contribution is 5.27. The predicted molar refractivity (Wildman–Crippen MR) is 87.7 cm³/mol. The summed E-state index contributed by atoms with van der Waals surface area (Å²) >= 11 is 0. The SMILES string of the molecule is CNCc1cc(OC2CCC(C)C(C)C2)nc(C(C)C)c1. The minimum atomic E-state index is 0.327. The number of pyridine rings is 1. The van der Waals surface area contributed by atoms with E-state index in [9.17, 15) is 0 Å². The van der Waals surface area contributed by atoms with Crippen LogP contribution in [-0.4, -0.2) is 18.1 Å². The Morgan fingerprint density at radius 2 is 2.00 bits per heavy atom. The fourth-order valence-corrected chi connectivity index (χ4v) is 3.02. The van der Waals surface area contributed by atoms with E-state index >= 15 is 0 Å². The van der Waals surface area contributed by atoms with Crippen molar-refractivity contribution in [1.82, 2.24) is 10.3 Å². The third-order valence-corrected chi connectivity index (χ3v) is 4.69. The molecule has 118 valence electrons. The highest BCUT2D eigenvalue weighted by atomic mass is 16.5. The highest BCUT2D eigenvalue weighted by Crippen LogP contribution is 2.32. The molecular formula is C18H30N2O. The number of ether oxygens (including phenoxy) is 1. The molecule has 21 heavy (non-hydrogen) atoms. The largest absolute Gasteiger partial charge is 0.474 e. The molecule has 3 nitrogen and oxygen atoms in total. The summed E-state index contributed by atoms with van der Waals surface area (Å²) in [6.45, 7) is 9.91. The van der Waals surface area contributed by atoms with Crippen molar-refractivity contribution in [1.29, 1.82) is 0 Å². The third-order valence-electron chi connectivity index (χ3n) is 4.69. The zero-order valence-corrected chi connectivity index (χ0v) is 14.1. The second kappa shape index (κ2) is 7.26. The Balaban J connectivity index is 2.11. The minimum absolute atomic E-state index is 0.327. The van der Waals surface area contributed by atoms with E-state index in [0.717, 1.165) is 42.8 Å². The van der Waals surface area contributed by atoms with Gasteiger partial charge in [-0.15, -0.1) is 0 Å². The molecule has 1 saturated carbocycles. The van der Waals surface area contributed by atoms with Gasteiger partial charge in [0.25, 0.3) is 0 Å². The monoisotopic (exact) mass is 290 g/mol. The van der Waals surface area contributed by atoms with Crippen molar-refractivity contribution in [3.8, 4) is 5.88 Å². The lowest BCUT2D eigenvalue weighted by Gasteiger charge is -2.32. The molecule has 0 aromatic carbocycles. The molecule has 0 spiro atoms. The Hall–Kier alpha value is -1.09. The van der Waals surface area contributed by atoms with Gasteiger partial charge in [-0.2, -0.15) is 0 Å². The van der Waals surface area contributed by atoms with Crippen molar-refractivity contribution in [3.05, 3.63) is 23.4 Å². The number of hydrogen-bond donors (Lipinski definition) is 1. The summed E-state index contributed by atoms with van der Waals surface area (Å²) in [5.41, 5.74) is 2.37. The number of rotatable bonds is 5. The smallest absolute Gasteiger partial charge is 0.214 e. The Morgan fingerprint density at radius 3 is 2.62 bits per heavy atom. The minimum Gasteiger partial charge on any atom is -0.474 e. The number of hydrogen-bond acceptors (Lipinski definition) is 3. The molecule has 3 atom stereocenters. The molecule has 1 aromatic rings. The van der Waals surface area contributed by atoms with Gasteiger partial charge in [-0.05, 0) is 55.7 Å². The molecule has 3 heteroatoms. The van der Waals surface area contributed by atoms with Crippen molar-refractivity contribution in [2.45, 2.75) is 65.5 Å². The Labute approximate surface area is 129 Å². The van der Waals surface area contributed by atoms with Crippen LogP contribution in [0.25, 0.3) is 0 Å². The Kier molecular flexibility index (Phi) is 5.63. The predicted octanol–water partition coefficient (Wildman–Crippen LogP) is 4.13. The first kappa shape index (κ1) is 16.3. The lowest BCUT2D eigenvalue weighted by Crippen LogP contribution is -2.29. The summed E-state index contributed by atoms with van der Waals surface area (Å²) in [5.74, 6) is 2.79. The second-order valence-corrected chi connectivity index (χ2v) is 6.93. The summed E-state index contributed by atoms with van der Waals surface area (Å²) in [7, 11) is 1.97. The van der Waals surface area contributed by atoms with Gasteiger partial charge in [0.05, 0.1) is 0 Å². The lowest BCUT2D eigenvalue weighted by atomic mass is 9.80. The first-order valence-electron chi connectivity index (χ1n) is 8.31. The lowest BCUT2D eigenvalue weighted by molar-refractivity contribution is 0.0961. The topological polar surface area (TPSA) is 34.1 Å². The maximum atomic E-state index is 6.21. The van der Waals surface area contributed by atoms with E-state index in [0.29, 0.717) is 12.0 Å². The molecule has 0 amide bonds. The molecule has 1 aliphatic carbocycles. The van der Waals surface area contributed by atoms with Gasteiger partial charge >= 0.3 is 0 Å². The van der Waals surface area contributed by atoms with Crippen LogP contribution in [-0.2, 0) is 6.54 Å². The number of nitrogens with one attached hydrogen (secondary N) is 1. The summed E-state index contributed by atoms with van der Waals surface area (Å²) < 4.78 is 6.21. The Morgan fingerprint density at radius 1 is 1.24 bits per heavy atom. The zero-order chi connectivity index (χ0) is 15.4. The average Bonchev–Trinajstić information content (AvgIpc) is 2.43. The van der Waals surface area contributed by atoms with Crippen LogP contribution in [0.4, 0.5) is 0 Å².